The smallest absolute Gasteiger partial charge is 0.230 e. The van der Waals surface area contributed by atoms with E-state index >= 15 is 0 Å². The number of nitrogens with one attached hydrogen (secondary N) is 1. The molecular formula is C25H23N5O3S. The maximum Gasteiger partial charge on any atom is 0.230 e. The number of rotatable bonds is 7. The Labute approximate surface area is 201 Å². The number of carbonyl (C=O) groups is 1. The normalized spacial score (nSPS) is 14.6. The first-order valence-electron chi connectivity index (χ1n) is 10.9. The summed E-state index contributed by atoms with van der Waals surface area (Å²) in [4.78, 5) is 16.8. The van der Waals surface area contributed by atoms with Crippen LogP contribution in [-0.2, 0) is 4.79 Å². The number of hydrogen-bond acceptors (Lipinski definition) is 7. The zero-order valence-electron chi connectivity index (χ0n) is 18.5. The van der Waals surface area contributed by atoms with Gasteiger partial charge in [0.15, 0.2) is 22.5 Å². The number of aromatic nitrogens is 4. The summed E-state index contributed by atoms with van der Waals surface area (Å²) in [7, 11) is 0. The lowest BCUT2D eigenvalue weighted by molar-refractivity contribution is -0.119. The van der Waals surface area contributed by atoms with Crippen molar-refractivity contribution in [3.63, 3.8) is 0 Å². The SMILES string of the molecule is Cc1ccccc1-n1c(SCC(=O)NC[C@@H]2COc3ccccc3O2)nnc1-c1cccnc1. The molecule has 0 unspecified atom stereocenters. The molecule has 4 aromatic rings. The van der Waals surface area contributed by atoms with Crippen molar-refractivity contribution in [3.05, 3.63) is 78.6 Å². The standard InChI is InChI=1S/C25H23N5O3S/c1-17-7-2-3-9-20(17)30-24(18-8-6-12-26-13-18)28-29-25(30)34-16-23(31)27-14-19-15-32-21-10-4-5-11-22(21)33-19/h2-13,19H,14-16H2,1H3,(H,27,31)/t19-/m1/s1. The lowest BCUT2D eigenvalue weighted by Gasteiger charge is -2.26. The first-order valence-corrected chi connectivity index (χ1v) is 11.9. The Morgan fingerprint density at radius 1 is 1.09 bits per heavy atom. The average Bonchev–Trinajstić information content (AvgIpc) is 3.30. The molecule has 34 heavy (non-hydrogen) atoms. The molecule has 1 N–H and O–H groups in total. The molecule has 0 saturated heterocycles. The Bertz CT molecular complexity index is 1290. The number of fused-ring (bicyclic) bond motifs is 1. The number of para-hydroxylation sites is 3. The van der Waals surface area contributed by atoms with Gasteiger partial charge in [0.25, 0.3) is 0 Å². The van der Waals surface area contributed by atoms with E-state index in [2.05, 4.69) is 20.5 Å². The Hall–Kier alpha value is -3.85. The van der Waals surface area contributed by atoms with Gasteiger partial charge in [-0.25, -0.2) is 0 Å². The first kappa shape index (κ1) is 22.0. The highest BCUT2D eigenvalue weighted by atomic mass is 32.2. The first-order chi connectivity index (χ1) is 16.7. The molecule has 9 heteroatoms. The Morgan fingerprint density at radius 3 is 2.74 bits per heavy atom. The average molecular weight is 474 g/mol. The third-order valence-electron chi connectivity index (χ3n) is 5.34. The lowest BCUT2D eigenvalue weighted by Crippen LogP contribution is -2.41. The molecule has 1 amide bonds. The summed E-state index contributed by atoms with van der Waals surface area (Å²) < 4.78 is 13.6. The number of benzene rings is 2. The molecule has 1 aliphatic rings. The summed E-state index contributed by atoms with van der Waals surface area (Å²) in [6, 6.07) is 19.3. The number of amides is 1. The zero-order chi connectivity index (χ0) is 23.3. The summed E-state index contributed by atoms with van der Waals surface area (Å²) in [5.41, 5.74) is 2.89. The van der Waals surface area contributed by atoms with E-state index < -0.39 is 0 Å². The van der Waals surface area contributed by atoms with Crippen LogP contribution in [0.25, 0.3) is 17.1 Å². The minimum atomic E-state index is -0.239. The fourth-order valence-electron chi connectivity index (χ4n) is 3.65. The topological polar surface area (TPSA) is 91.2 Å². The van der Waals surface area contributed by atoms with Gasteiger partial charge in [-0.15, -0.1) is 10.2 Å². The van der Waals surface area contributed by atoms with Crippen LogP contribution in [0.15, 0.2) is 78.2 Å². The second kappa shape index (κ2) is 9.96. The van der Waals surface area contributed by atoms with Crippen LogP contribution in [0.4, 0.5) is 0 Å². The van der Waals surface area contributed by atoms with Gasteiger partial charge in [-0.05, 0) is 42.8 Å². The van der Waals surface area contributed by atoms with E-state index in [-0.39, 0.29) is 17.8 Å². The molecule has 5 rings (SSSR count). The molecule has 0 aliphatic carbocycles. The molecule has 8 nitrogen and oxygen atoms in total. The number of carbonyl (C=O) groups excluding carboxylic acids is 1. The molecule has 2 aromatic carbocycles. The van der Waals surface area contributed by atoms with Crippen LogP contribution in [0, 0.1) is 6.92 Å². The monoisotopic (exact) mass is 473 g/mol. The van der Waals surface area contributed by atoms with Crippen LogP contribution in [0.5, 0.6) is 11.5 Å². The van der Waals surface area contributed by atoms with Gasteiger partial charge in [0.05, 0.1) is 18.0 Å². The van der Waals surface area contributed by atoms with Crippen LogP contribution in [0.2, 0.25) is 0 Å². The highest BCUT2D eigenvalue weighted by Gasteiger charge is 2.22. The highest BCUT2D eigenvalue weighted by molar-refractivity contribution is 7.99. The molecule has 0 saturated carbocycles. The summed E-state index contributed by atoms with van der Waals surface area (Å²) in [6.07, 6.45) is 3.23. The van der Waals surface area contributed by atoms with Crippen molar-refractivity contribution < 1.29 is 14.3 Å². The maximum atomic E-state index is 12.6. The summed E-state index contributed by atoms with van der Waals surface area (Å²) in [6.45, 7) is 2.79. The van der Waals surface area contributed by atoms with E-state index in [4.69, 9.17) is 9.47 Å². The summed E-state index contributed by atoms with van der Waals surface area (Å²) in [5, 5.41) is 12.4. The number of thioether (sulfide) groups is 1. The van der Waals surface area contributed by atoms with Gasteiger partial charge >= 0.3 is 0 Å². The molecule has 1 atom stereocenters. The molecule has 0 radical (unpaired) electrons. The van der Waals surface area contributed by atoms with Crippen LogP contribution < -0.4 is 14.8 Å². The van der Waals surface area contributed by atoms with Crippen molar-refractivity contribution in [3.8, 4) is 28.6 Å². The molecular weight excluding hydrogens is 450 g/mol. The predicted octanol–water partition coefficient (Wildman–Crippen LogP) is 3.69. The van der Waals surface area contributed by atoms with E-state index in [1.165, 1.54) is 11.8 Å². The number of aryl methyl sites for hydroxylation is 1. The number of hydrogen-bond donors (Lipinski definition) is 1. The number of nitrogens with zero attached hydrogens (tertiary/aromatic N) is 4. The molecule has 3 heterocycles. The van der Waals surface area contributed by atoms with E-state index in [1.54, 1.807) is 12.4 Å². The van der Waals surface area contributed by atoms with Crippen LogP contribution in [-0.4, -0.2) is 50.7 Å². The van der Waals surface area contributed by atoms with E-state index in [0.717, 1.165) is 22.6 Å². The summed E-state index contributed by atoms with van der Waals surface area (Å²) in [5.74, 6) is 2.17. The van der Waals surface area contributed by atoms with E-state index in [9.17, 15) is 4.79 Å². The van der Waals surface area contributed by atoms with Crippen LogP contribution in [0.1, 0.15) is 5.56 Å². The summed E-state index contributed by atoms with van der Waals surface area (Å²) >= 11 is 1.33. The Morgan fingerprint density at radius 2 is 1.91 bits per heavy atom. The maximum absolute atomic E-state index is 12.6. The van der Waals surface area contributed by atoms with Gasteiger partial charge in [-0.3, -0.25) is 14.3 Å². The van der Waals surface area contributed by atoms with Crippen LogP contribution >= 0.6 is 11.8 Å². The van der Waals surface area contributed by atoms with Gasteiger partial charge in [0.2, 0.25) is 5.91 Å². The largest absolute Gasteiger partial charge is 0.486 e. The zero-order valence-corrected chi connectivity index (χ0v) is 19.4. The third kappa shape index (κ3) is 4.74. The van der Waals surface area contributed by atoms with Crippen molar-refractivity contribution in [2.75, 3.05) is 18.9 Å². The molecule has 172 valence electrons. The lowest BCUT2D eigenvalue weighted by atomic mass is 10.2. The Balaban J connectivity index is 1.27. The van der Waals surface area contributed by atoms with Crippen molar-refractivity contribution in [2.45, 2.75) is 18.2 Å². The third-order valence-corrected chi connectivity index (χ3v) is 6.27. The van der Waals surface area contributed by atoms with Crippen molar-refractivity contribution in [1.29, 1.82) is 0 Å². The van der Waals surface area contributed by atoms with E-state index in [1.807, 2.05) is 72.2 Å². The van der Waals surface area contributed by atoms with Gasteiger partial charge in [0, 0.05) is 18.0 Å². The fourth-order valence-corrected chi connectivity index (χ4v) is 4.42. The predicted molar refractivity (Wildman–Crippen MR) is 129 cm³/mol. The fraction of sp³-hybridized carbons (Fsp3) is 0.200. The second-order valence-corrected chi connectivity index (χ2v) is 8.70. The molecule has 0 spiro atoms. The number of ether oxygens (including phenoxy) is 2. The van der Waals surface area contributed by atoms with Crippen molar-refractivity contribution >= 4 is 17.7 Å². The molecule has 1 aliphatic heterocycles. The molecule has 2 aromatic heterocycles. The van der Waals surface area contributed by atoms with Gasteiger partial charge in [-0.1, -0.05) is 42.1 Å². The Kier molecular flexibility index (Phi) is 6.44. The molecule has 0 fully saturated rings. The van der Waals surface area contributed by atoms with Gasteiger partial charge in [-0.2, -0.15) is 0 Å². The minimum Gasteiger partial charge on any atom is -0.486 e. The second-order valence-electron chi connectivity index (χ2n) is 7.76. The van der Waals surface area contributed by atoms with Crippen LogP contribution in [0.3, 0.4) is 0 Å². The number of pyridine rings is 1. The van der Waals surface area contributed by atoms with Crippen molar-refractivity contribution in [2.24, 2.45) is 0 Å². The van der Waals surface area contributed by atoms with E-state index in [0.29, 0.717) is 29.9 Å². The minimum absolute atomic E-state index is 0.116. The van der Waals surface area contributed by atoms with Gasteiger partial charge < -0.3 is 14.8 Å². The van der Waals surface area contributed by atoms with Gasteiger partial charge in [0.1, 0.15) is 12.7 Å². The quantitative estimate of drug-likeness (QED) is 0.410. The van der Waals surface area contributed by atoms with Crippen molar-refractivity contribution in [1.82, 2.24) is 25.1 Å². The molecule has 0 bridgehead atoms. The highest BCUT2D eigenvalue weighted by Crippen LogP contribution is 2.31.